The van der Waals surface area contributed by atoms with Crippen LogP contribution in [-0.4, -0.2) is 82.3 Å². The van der Waals surface area contributed by atoms with Crippen LogP contribution in [0, 0.1) is 0 Å². The highest BCUT2D eigenvalue weighted by atomic mass is 32.3. The maximum Gasteiger partial charge on any atom is 0.238 e. The standard InChI is InChI=1S/C63H54B8N4S2/c64-51-49-50-52(65)54(67)56(69)58(71)60(50)75(59(49)57(70)55(68)53(51)66)63-73-61(39-22-8-1-9-23-39)72-62(74-63)40-36-47(76(41-24-10-2-11-25-41,42-26-12-3-13-27-42)43-28-14-4-15-29-43)38-48(37-40)77(44-30-16-5-17-31-44,45-32-18-6-19-33-45)46-34-20-7-21-35-46/h1-38H,64-71H2. The maximum atomic E-state index is 5.86. The van der Waals surface area contributed by atoms with Crippen LogP contribution in [0.3, 0.4) is 0 Å². The van der Waals surface area contributed by atoms with Crippen molar-refractivity contribution in [2.75, 3.05) is 0 Å². The van der Waals surface area contributed by atoms with E-state index in [0.29, 0.717) is 17.6 Å². The first kappa shape index (κ1) is 50.1. The van der Waals surface area contributed by atoms with E-state index in [2.05, 4.69) is 298 Å². The Morgan fingerprint density at radius 1 is 0.260 bits per heavy atom. The number of nitrogens with zero attached hydrogens (tertiary/aromatic N) is 4. The van der Waals surface area contributed by atoms with Crippen LogP contribution in [0.1, 0.15) is 0 Å². The molecule has 362 valence electrons. The zero-order valence-electron chi connectivity index (χ0n) is 45.0. The van der Waals surface area contributed by atoms with Gasteiger partial charge in [-0.2, -0.15) is 9.97 Å². The SMILES string of the molecule is Bc1c(B)c(B)c2c(c1B)c1c(B)c(B)c(B)c(B)c1n2-c1nc(-c2ccccc2)nc(-c2cc(S(c3ccccc3)(c3ccccc3)c3ccccc3)cc(S(c3ccccc3)(c3ccccc3)c3ccccc3)c2)n1. The topological polar surface area (TPSA) is 43.6 Å². The van der Waals surface area contributed by atoms with Crippen LogP contribution in [0.5, 0.6) is 0 Å². The smallest absolute Gasteiger partial charge is 0.238 e. The fourth-order valence-electron chi connectivity index (χ4n) is 11.8. The summed E-state index contributed by atoms with van der Waals surface area (Å²) in [5, 5.41) is 2.53. The van der Waals surface area contributed by atoms with Gasteiger partial charge in [0.25, 0.3) is 0 Å². The lowest BCUT2D eigenvalue weighted by atomic mass is 9.63. The highest BCUT2D eigenvalue weighted by Crippen LogP contribution is 2.77. The Morgan fingerprint density at radius 2 is 0.532 bits per heavy atom. The van der Waals surface area contributed by atoms with Gasteiger partial charge in [-0.1, -0.05) is 172 Å². The molecule has 0 bridgehead atoms. The Hall–Kier alpha value is -7.77. The van der Waals surface area contributed by atoms with Crippen LogP contribution in [0.4, 0.5) is 0 Å². The third-order valence-electron chi connectivity index (χ3n) is 16.3. The second kappa shape index (κ2) is 20.3. The largest absolute Gasteiger partial charge is 0.279 e. The van der Waals surface area contributed by atoms with E-state index in [0.717, 1.165) is 22.2 Å². The Bertz CT molecular complexity index is 3760. The molecule has 4 nitrogen and oxygen atoms in total. The first-order valence-corrected chi connectivity index (χ1v) is 29.8. The van der Waals surface area contributed by atoms with Crippen LogP contribution in [0.25, 0.3) is 50.5 Å². The molecule has 0 radical (unpaired) electrons. The molecule has 14 heteroatoms. The average Bonchev–Trinajstić information content (AvgIpc) is 4.15. The van der Waals surface area contributed by atoms with E-state index in [1.807, 2.05) is 0 Å². The summed E-state index contributed by atoms with van der Waals surface area (Å²) in [5.41, 5.74) is 14.3. The molecule has 12 aromatic rings. The molecule has 2 heterocycles. The number of rotatable bonds is 11. The monoisotopic (exact) mass is 1020 g/mol. The van der Waals surface area contributed by atoms with E-state index in [9.17, 15) is 0 Å². The molecule has 77 heavy (non-hydrogen) atoms. The molecule has 10 aromatic carbocycles. The number of fused-ring (bicyclic) bond motifs is 3. The van der Waals surface area contributed by atoms with Gasteiger partial charge in [-0.05, 0) is 102 Å². The summed E-state index contributed by atoms with van der Waals surface area (Å²) < 4.78 is 2.39. The molecule has 0 fully saturated rings. The molecule has 0 aliphatic heterocycles. The summed E-state index contributed by atoms with van der Waals surface area (Å²) in [4.78, 5) is 26.9. The fourth-order valence-corrected chi connectivity index (χ4v) is 19.8. The third-order valence-corrected chi connectivity index (χ3v) is 24.0. The molecule has 0 spiro atoms. The van der Waals surface area contributed by atoms with Crippen molar-refractivity contribution in [1.82, 2.24) is 19.5 Å². The first-order chi connectivity index (χ1) is 37.5. The van der Waals surface area contributed by atoms with Crippen LogP contribution in [0.2, 0.25) is 0 Å². The molecule has 0 amide bonds. The predicted octanol–water partition coefficient (Wildman–Crippen LogP) is 3.05. The highest BCUT2D eigenvalue weighted by molar-refractivity contribution is 8.34. The first-order valence-electron chi connectivity index (χ1n) is 26.5. The summed E-state index contributed by atoms with van der Waals surface area (Å²) in [6, 6.07) is 84.8. The van der Waals surface area contributed by atoms with E-state index in [4.69, 9.17) is 15.0 Å². The molecule has 12 rings (SSSR count). The van der Waals surface area contributed by atoms with Gasteiger partial charge < -0.3 is 0 Å². The Kier molecular flexibility index (Phi) is 13.2. The number of hydrogen-bond acceptors (Lipinski definition) is 3. The van der Waals surface area contributed by atoms with Crippen LogP contribution >= 0.6 is 20.1 Å². The van der Waals surface area contributed by atoms with Crippen molar-refractivity contribution in [3.05, 3.63) is 231 Å². The lowest BCUT2D eigenvalue weighted by Crippen LogP contribution is -2.49. The molecular weight excluding hydrogens is 963 g/mol. The number of benzene rings is 10. The van der Waals surface area contributed by atoms with Crippen molar-refractivity contribution in [2.24, 2.45) is 0 Å². The Balaban J connectivity index is 1.30. The molecule has 0 unspecified atom stereocenters. The van der Waals surface area contributed by atoms with E-state index >= 15 is 0 Å². The minimum atomic E-state index is -2.25. The van der Waals surface area contributed by atoms with Crippen molar-refractivity contribution in [3.8, 4) is 28.7 Å². The summed E-state index contributed by atoms with van der Waals surface area (Å²) in [5.74, 6) is 1.82. The quantitative estimate of drug-likeness (QED) is 0.188. The lowest BCUT2D eigenvalue weighted by molar-refractivity contribution is 0.954. The van der Waals surface area contributed by atoms with Crippen LogP contribution in [-0.2, 0) is 0 Å². The number of hydrogen-bond donors (Lipinski definition) is 0. The van der Waals surface area contributed by atoms with Gasteiger partial charge in [0.2, 0.25) is 5.95 Å². The summed E-state index contributed by atoms with van der Waals surface area (Å²) in [6.07, 6.45) is 0. The van der Waals surface area contributed by atoms with Gasteiger partial charge in [-0.3, -0.25) is 4.57 Å². The minimum Gasteiger partial charge on any atom is -0.279 e. The number of aromatic nitrogens is 4. The van der Waals surface area contributed by atoms with E-state index in [1.165, 1.54) is 93.6 Å². The van der Waals surface area contributed by atoms with Gasteiger partial charge >= 0.3 is 0 Å². The average molecular weight is 1020 g/mol. The van der Waals surface area contributed by atoms with Crippen molar-refractivity contribution in [3.63, 3.8) is 0 Å². The fraction of sp³-hybridized carbons (Fsp3) is 0. The normalized spacial score (nSPS) is 12.2. The molecule has 0 saturated carbocycles. The summed E-state index contributed by atoms with van der Waals surface area (Å²) >= 11 is 0. The van der Waals surface area contributed by atoms with Crippen LogP contribution in [0.15, 0.2) is 270 Å². The molecular formula is C63H54B8N4S2. The van der Waals surface area contributed by atoms with Crippen LogP contribution < -0.4 is 43.7 Å². The van der Waals surface area contributed by atoms with Crippen molar-refractivity contribution in [2.45, 2.75) is 39.2 Å². The lowest BCUT2D eigenvalue weighted by Gasteiger charge is -2.45. The van der Waals surface area contributed by atoms with Crippen molar-refractivity contribution in [1.29, 1.82) is 0 Å². The van der Waals surface area contributed by atoms with Crippen molar-refractivity contribution < 1.29 is 0 Å². The van der Waals surface area contributed by atoms with E-state index in [-0.39, 0.29) is 0 Å². The molecule has 2 aromatic heterocycles. The molecule has 0 atom stereocenters. The predicted molar refractivity (Wildman–Crippen MR) is 350 cm³/mol. The van der Waals surface area contributed by atoms with Gasteiger partial charge in [0, 0.05) is 61.3 Å². The van der Waals surface area contributed by atoms with Gasteiger partial charge in [-0.25, -0.2) is 4.98 Å². The Labute approximate surface area is 463 Å². The zero-order chi connectivity index (χ0) is 53.0. The zero-order valence-corrected chi connectivity index (χ0v) is 46.7. The molecule has 0 N–H and O–H groups in total. The summed E-state index contributed by atoms with van der Waals surface area (Å²) in [7, 11) is 13.7. The molecule has 0 aliphatic rings. The van der Waals surface area contributed by atoms with E-state index in [1.54, 1.807) is 0 Å². The highest BCUT2D eigenvalue weighted by Gasteiger charge is 2.39. The molecule has 0 aliphatic carbocycles. The second-order valence-corrected chi connectivity index (χ2v) is 26.4. The second-order valence-electron chi connectivity index (χ2n) is 20.2. The van der Waals surface area contributed by atoms with Gasteiger partial charge in [0.05, 0.1) is 0 Å². The van der Waals surface area contributed by atoms with Gasteiger partial charge in [-0.15, -0.1) is 31.0 Å². The Morgan fingerprint density at radius 3 is 0.844 bits per heavy atom. The third kappa shape index (κ3) is 8.10. The van der Waals surface area contributed by atoms with Gasteiger partial charge in [0.1, 0.15) is 62.8 Å². The minimum absolute atomic E-state index is 0.595. The van der Waals surface area contributed by atoms with Crippen molar-refractivity contribution >= 4 is 148 Å². The van der Waals surface area contributed by atoms with E-state index < -0.39 is 20.1 Å². The molecule has 0 saturated heterocycles. The summed E-state index contributed by atoms with van der Waals surface area (Å²) in [6.45, 7) is 0. The van der Waals surface area contributed by atoms with Gasteiger partial charge in [0.15, 0.2) is 11.6 Å². The maximum absolute atomic E-state index is 5.86.